The number of hydrogen-bond acceptors (Lipinski definition) is 4. The third-order valence-electron chi connectivity index (χ3n) is 2.03. The van der Waals surface area contributed by atoms with Crippen LogP contribution in [-0.2, 0) is 0 Å². The fourth-order valence-corrected chi connectivity index (χ4v) is 1.24. The summed E-state index contributed by atoms with van der Waals surface area (Å²) >= 11 is 0. The maximum atomic E-state index is 9.58. The van der Waals surface area contributed by atoms with Crippen molar-refractivity contribution in [1.29, 1.82) is 0 Å². The minimum atomic E-state index is -0.628. The zero-order valence-corrected chi connectivity index (χ0v) is 8.10. The Morgan fingerprint density at radius 2 is 2.21 bits per heavy atom. The molecule has 1 rings (SSSR count). The first-order valence-electron chi connectivity index (χ1n) is 4.44. The number of aromatic hydroxyl groups is 1. The number of hydrogen-bond donors (Lipinski definition) is 3. The fraction of sp³-hybridized carbons (Fsp3) is 0.400. The summed E-state index contributed by atoms with van der Waals surface area (Å²) < 4.78 is 4.88. The number of benzene rings is 1. The number of phenolic OH excluding ortho intramolecular Hbond substituents is 1. The van der Waals surface area contributed by atoms with Gasteiger partial charge in [-0.25, -0.2) is 0 Å². The van der Waals surface area contributed by atoms with E-state index < -0.39 is 6.10 Å². The molecule has 0 aromatic heterocycles. The Labute approximate surface area is 82.9 Å². The average Bonchev–Trinajstić information content (AvgIpc) is 2.18. The van der Waals surface area contributed by atoms with E-state index in [1.807, 2.05) is 0 Å². The van der Waals surface area contributed by atoms with E-state index in [1.165, 1.54) is 13.2 Å². The smallest absolute Gasteiger partial charge is 0.160 e. The lowest BCUT2D eigenvalue weighted by molar-refractivity contribution is 0.170. The van der Waals surface area contributed by atoms with Gasteiger partial charge in [0, 0.05) is 0 Å². The molecule has 78 valence electrons. The average molecular weight is 197 g/mol. The molecule has 4 nitrogen and oxygen atoms in total. The minimum Gasteiger partial charge on any atom is -0.504 e. The molecule has 0 spiro atoms. The molecule has 0 saturated carbocycles. The second kappa shape index (κ2) is 4.83. The first kappa shape index (κ1) is 10.8. The molecular weight excluding hydrogens is 182 g/mol. The summed E-state index contributed by atoms with van der Waals surface area (Å²) in [5.74, 6) is 0.426. The van der Waals surface area contributed by atoms with Crippen molar-refractivity contribution < 1.29 is 14.9 Å². The highest BCUT2D eigenvalue weighted by molar-refractivity contribution is 5.42. The van der Waals surface area contributed by atoms with Crippen LogP contribution in [0, 0.1) is 0 Å². The molecule has 1 atom stereocenters. The molecule has 0 aliphatic carbocycles. The van der Waals surface area contributed by atoms with E-state index in [0.717, 1.165) is 0 Å². The van der Waals surface area contributed by atoms with Crippen molar-refractivity contribution in [2.24, 2.45) is 5.73 Å². The van der Waals surface area contributed by atoms with Crippen molar-refractivity contribution in [3.8, 4) is 11.5 Å². The Hall–Kier alpha value is -1.26. The first-order chi connectivity index (χ1) is 6.69. The quantitative estimate of drug-likeness (QED) is 0.666. The van der Waals surface area contributed by atoms with Crippen LogP contribution in [0.25, 0.3) is 0 Å². The number of aliphatic hydroxyl groups is 1. The second-order valence-corrected chi connectivity index (χ2v) is 3.02. The molecule has 0 radical (unpaired) electrons. The summed E-state index contributed by atoms with van der Waals surface area (Å²) in [4.78, 5) is 0. The maximum absolute atomic E-state index is 9.58. The summed E-state index contributed by atoms with van der Waals surface area (Å²) in [6.07, 6.45) is -0.150. The van der Waals surface area contributed by atoms with Gasteiger partial charge in [0.15, 0.2) is 11.5 Å². The van der Waals surface area contributed by atoms with Gasteiger partial charge in [-0.1, -0.05) is 6.07 Å². The summed E-state index contributed by atoms with van der Waals surface area (Å²) in [6, 6.07) is 4.81. The summed E-state index contributed by atoms with van der Waals surface area (Å²) in [6.45, 7) is 0.411. The Kier molecular flexibility index (Phi) is 3.73. The lowest BCUT2D eigenvalue weighted by Gasteiger charge is -2.11. The van der Waals surface area contributed by atoms with Gasteiger partial charge in [0.2, 0.25) is 0 Å². The highest BCUT2D eigenvalue weighted by atomic mass is 16.5. The molecule has 0 aliphatic heterocycles. The molecule has 0 heterocycles. The largest absolute Gasteiger partial charge is 0.504 e. The van der Waals surface area contributed by atoms with E-state index in [9.17, 15) is 10.2 Å². The van der Waals surface area contributed by atoms with Crippen molar-refractivity contribution in [1.82, 2.24) is 0 Å². The van der Waals surface area contributed by atoms with E-state index in [1.54, 1.807) is 12.1 Å². The molecule has 0 fully saturated rings. The monoisotopic (exact) mass is 197 g/mol. The Morgan fingerprint density at radius 1 is 1.50 bits per heavy atom. The molecule has 1 aromatic carbocycles. The van der Waals surface area contributed by atoms with Gasteiger partial charge < -0.3 is 20.7 Å². The van der Waals surface area contributed by atoms with E-state index >= 15 is 0 Å². The summed E-state index contributed by atoms with van der Waals surface area (Å²) in [5, 5.41) is 19.0. The van der Waals surface area contributed by atoms with Crippen LogP contribution < -0.4 is 10.5 Å². The van der Waals surface area contributed by atoms with Crippen LogP contribution in [0.2, 0.25) is 0 Å². The van der Waals surface area contributed by atoms with Gasteiger partial charge in [-0.15, -0.1) is 0 Å². The van der Waals surface area contributed by atoms with Crippen molar-refractivity contribution in [3.05, 3.63) is 23.8 Å². The maximum Gasteiger partial charge on any atom is 0.160 e. The predicted molar refractivity (Wildman–Crippen MR) is 53.3 cm³/mol. The van der Waals surface area contributed by atoms with Crippen LogP contribution in [0.5, 0.6) is 11.5 Å². The zero-order chi connectivity index (χ0) is 10.6. The van der Waals surface area contributed by atoms with Crippen LogP contribution in [0.15, 0.2) is 18.2 Å². The van der Waals surface area contributed by atoms with E-state index in [2.05, 4.69) is 0 Å². The molecule has 4 heteroatoms. The predicted octanol–water partition coefficient (Wildman–Crippen LogP) is 0.783. The number of methoxy groups -OCH3 is 1. The van der Waals surface area contributed by atoms with E-state index in [4.69, 9.17) is 10.5 Å². The van der Waals surface area contributed by atoms with Crippen LogP contribution in [0.1, 0.15) is 18.1 Å². The van der Waals surface area contributed by atoms with Crippen LogP contribution >= 0.6 is 0 Å². The zero-order valence-electron chi connectivity index (χ0n) is 8.10. The molecule has 0 aliphatic rings. The van der Waals surface area contributed by atoms with E-state index in [-0.39, 0.29) is 5.75 Å². The van der Waals surface area contributed by atoms with Gasteiger partial charge in [-0.2, -0.15) is 0 Å². The van der Waals surface area contributed by atoms with Crippen molar-refractivity contribution >= 4 is 0 Å². The van der Waals surface area contributed by atoms with Gasteiger partial charge in [0.25, 0.3) is 0 Å². The Morgan fingerprint density at radius 3 is 2.71 bits per heavy atom. The summed E-state index contributed by atoms with van der Waals surface area (Å²) in [5.41, 5.74) is 5.96. The highest BCUT2D eigenvalue weighted by Crippen LogP contribution is 2.29. The number of aliphatic hydroxyl groups excluding tert-OH is 1. The van der Waals surface area contributed by atoms with Gasteiger partial charge in [0.1, 0.15) is 0 Å². The van der Waals surface area contributed by atoms with Crippen molar-refractivity contribution in [2.45, 2.75) is 12.5 Å². The SMILES string of the molecule is COc1ccc([C@H](O)CCN)cc1O. The fourth-order valence-electron chi connectivity index (χ4n) is 1.24. The third-order valence-corrected chi connectivity index (χ3v) is 2.03. The number of rotatable bonds is 4. The molecule has 0 saturated heterocycles. The third kappa shape index (κ3) is 2.37. The Bertz CT molecular complexity index is 301. The van der Waals surface area contributed by atoms with Crippen LogP contribution in [0.4, 0.5) is 0 Å². The number of phenols is 1. The standard InChI is InChI=1S/C10H15NO3/c1-14-10-3-2-7(6-9(10)13)8(12)4-5-11/h2-3,6,8,12-13H,4-5,11H2,1H3/t8-/m1/s1. The van der Waals surface area contributed by atoms with Crippen LogP contribution in [0.3, 0.4) is 0 Å². The van der Waals surface area contributed by atoms with Gasteiger partial charge in [0.05, 0.1) is 13.2 Å². The normalized spacial score (nSPS) is 12.5. The number of ether oxygens (including phenoxy) is 1. The molecular formula is C10H15NO3. The highest BCUT2D eigenvalue weighted by Gasteiger charge is 2.09. The molecule has 0 bridgehead atoms. The Balaban J connectivity index is 2.85. The molecule has 0 amide bonds. The summed E-state index contributed by atoms with van der Waals surface area (Å²) in [7, 11) is 1.48. The number of nitrogens with two attached hydrogens (primary N) is 1. The van der Waals surface area contributed by atoms with Gasteiger partial charge >= 0.3 is 0 Å². The lowest BCUT2D eigenvalue weighted by atomic mass is 10.1. The first-order valence-corrected chi connectivity index (χ1v) is 4.44. The molecule has 1 aromatic rings. The van der Waals surface area contributed by atoms with Gasteiger partial charge in [-0.05, 0) is 30.7 Å². The van der Waals surface area contributed by atoms with Crippen molar-refractivity contribution in [3.63, 3.8) is 0 Å². The van der Waals surface area contributed by atoms with Crippen LogP contribution in [-0.4, -0.2) is 23.9 Å². The topological polar surface area (TPSA) is 75.7 Å². The molecule has 14 heavy (non-hydrogen) atoms. The molecule has 0 unspecified atom stereocenters. The lowest BCUT2D eigenvalue weighted by Crippen LogP contribution is -2.06. The second-order valence-electron chi connectivity index (χ2n) is 3.02. The molecule has 4 N–H and O–H groups in total. The minimum absolute atomic E-state index is 0.0288. The van der Waals surface area contributed by atoms with Gasteiger partial charge in [-0.3, -0.25) is 0 Å². The van der Waals surface area contributed by atoms with E-state index in [0.29, 0.717) is 24.3 Å². The van der Waals surface area contributed by atoms with Crippen molar-refractivity contribution in [2.75, 3.05) is 13.7 Å².